The van der Waals surface area contributed by atoms with Crippen molar-refractivity contribution in [1.82, 2.24) is 5.32 Å². The highest BCUT2D eigenvalue weighted by Gasteiger charge is 2.48. The van der Waals surface area contributed by atoms with Crippen molar-refractivity contribution < 1.29 is 19.1 Å². The standard InChI is InChI=1S/C27H27NO4/c1-7-11-23-24(12-8-2)27(28-25(23)29,20(10-4)14-13-19(5)9-3)21-15-17-22(18-16-21)32-26(30)31-6/h7-18H,1-4H2,5-6H3,(H,28,29)/b19-13-,20-14+,23-11+,24-12+. The van der Waals surface area contributed by atoms with E-state index in [1.807, 2.05) is 19.1 Å². The minimum atomic E-state index is -1.05. The highest BCUT2D eigenvalue weighted by Crippen LogP contribution is 2.46. The molecule has 1 aliphatic heterocycles. The predicted octanol–water partition coefficient (Wildman–Crippen LogP) is 5.63. The molecule has 1 saturated heterocycles. The lowest BCUT2D eigenvalue weighted by Crippen LogP contribution is -2.41. The summed E-state index contributed by atoms with van der Waals surface area (Å²) < 4.78 is 9.63. The van der Waals surface area contributed by atoms with Crippen molar-refractivity contribution in [2.45, 2.75) is 12.5 Å². The van der Waals surface area contributed by atoms with Gasteiger partial charge in [-0.15, -0.1) is 0 Å². The molecule has 5 heteroatoms. The fourth-order valence-electron chi connectivity index (χ4n) is 3.41. The molecule has 1 fully saturated rings. The summed E-state index contributed by atoms with van der Waals surface area (Å²) in [7, 11) is 1.24. The Balaban J connectivity index is 2.81. The molecule has 32 heavy (non-hydrogen) atoms. The van der Waals surface area contributed by atoms with Crippen LogP contribution in [0, 0.1) is 0 Å². The highest BCUT2D eigenvalue weighted by molar-refractivity contribution is 6.05. The van der Waals surface area contributed by atoms with E-state index in [1.165, 1.54) is 7.11 Å². The number of allylic oxidation sites excluding steroid dienone is 8. The summed E-state index contributed by atoms with van der Waals surface area (Å²) >= 11 is 0. The highest BCUT2D eigenvalue weighted by atomic mass is 16.7. The lowest BCUT2D eigenvalue weighted by molar-refractivity contribution is -0.117. The predicted molar refractivity (Wildman–Crippen MR) is 128 cm³/mol. The molecule has 1 aliphatic rings. The summed E-state index contributed by atoms with van der Waals surface area (Å²) in [4.78, 5) is 24.5. The van der Waals surface area contributed by atoms with Gasteiger partial charge in [-0.3, -0.25) is 4.79 Å². The van der Waals surface area contributed by atoms with Crippen molar-refractivity contribution >= 4 is 12.1 Å². The smallest absolute Gasteiger partial charge is 0.437 e. The largest absolute Gasteiger partial charge is 0.513 e. The van der Waals surface area contributed by atoms with Crippen molar-refractivity contribution in [1.29, 1.82) is 0 Å². The van der Waals surface area contributed by atoms with Crippen LogP contribution in [0.1, 0.15) is 12.5 Å². The third-order valence-corrected chi connectivity index (χ3v) is 4.96. The summed E-state index contributed by atoms with van der Waals surface area (Å²) in [6.45, 7) is 17.2. The summed E-state index contributed by atoms with van der Waals surface area (Å²) in [5, 5.41) is 3.12. The van der Waals surface area contributed by atoms with Gasteiger partial charge in [0.05, 0.1) is 7.11 Å². The molecule has 2 rings (SSSR count). The maximum atomic E-state index is 13.0. The number of hydrogen-bond acceptors (Lipinski definition) is 4. The normalized spacial score (nSPS) is 21.1. The number of ether oxygens (including phenoxy) is 2. The number of amides is 1. The second kappa shape index (κ2) is 10.8. The van der Waals surface area contributed by atoms with Crippen LogP contribution >= 0.6 is 0 Å². The Hall–Kier alpha value is -4.12. The van der Waals surface area contributed by atoms with Crippen molar-refractivity contribution in [2.24, 2.45) is 0 Å². The molecule has 1 aromatic rings. The number of hydrogen-bond donors (Lipinski definition) is 1. The number of carbonyl (C=O) groups is 2. The Morgan fingerprint density at radius 3 is 2.19 bits per heavy atom. The first-order valence-corrected chi connectivity index (χ1v) is 9.87. The molecule has 0 bridgehead atoms. The average molecular weight is 430 g/mol. The summed E-state index contributed by atoms with van der Waals surface area (Å²) in [5.41, 5.74) is 2.51. The maximum Gasteiger partial charge on any atom is 0.513 e. The minimum absolute atomic E-state index is 0.259. The molecule has 1 N–H and O–H groups in total. The van der Waals surface area contributed by atoms with Crippen molar-refractivity contribution in [3.05, 3.63) is 127 Å². The molecule has 0 spiro atoms. The van der Waals surface area contributed by atoms with Crippen LogP contribution in [0.3, 0.4) is 0 Å². The third-order valence-electron chi connectivity index (χ3n) is 4.96. The van der Waals surface area contributed by atoms with Gasteiger partial charge in [0.1, 0.15) is 11.3 Å². The number of methoxy groups -OCH3 is 1. The van der Waals surface area contributed by atoms with Gasteiger partial charge in [-0.25, -0.2) is 4.79 Å². The second-order valence-electron chi connectivity index (χ2n) is 6.86. The Morgan fingerprint density at radius 1 is 1.00 bits per heavy atom. The first kappa shape index (κ1) is 24.2. The molecule has 0 saturated carbocycles. The van der Waals surface area contributed by atoms with E-state index in [0.29, 0.717) is 16.9 Å². The van der Waals surface area contributed by atoms with E-state index in [4.69, 9.17) is 4.74 Å². The van der Waals surface area contributed by atoms with Gasteiger partial charge in [-0.05, 0) is 41.8 Å². The van der Waals surface area contributed by atoms with Gasteiger partial charge in [0.15, 0.2) is 0 Å². The minimum Gasteiger partial charge on any atom is -0.437 e. The van der Waals surface area contributed by atoms with Gasteiger partial charge in [0.25, 0.3) is 5.91 Å². The Morgan fingerprint density at radius 2 is 1.66 bits per heavy atom. The van der Waals surface area contributed by atoms with Crippen LogP contribution in [0.4, 0.5) is 4.79 Å². The van der Waals surface area contributed by atoms with E-state index in [2.05, 4.69) is 36.4 Å². The quantitative estimate of drug-likeness (QED) is 0.252. The molecule has 0 aromatic heterocycles. The van der Waals surface area contributed by atoms with Crippen molar-refractivity contribution in [3.63, 3.8) is 0 Å². The van der Waals surface area contributed by atoms with Gasteiger partial charge in [-0.1, -0.05) is 86.6 Å². The average Bonchev–Trinajstić information content (AvgIpc) is 3.07. The molecule has 5 nitrogen and oxygen atoms in total. The fourth-order valence-corrected chi connectivity index (χ4v) is 3.41. The zero-order chi connectivity index (χ0) is 23.7. The maximum absolute atomic E-state index is 13.0. The fraction of sp³-hybridized carbons (Fsp3) is 0.111. The van der Waals surface area contributed by atoms with E-state index in [9.17, 15) is 9.59 Å². The molecule has 1 amide bonds. The van der Waals surface area contributed by atoms with Gasteiger partial charge < -0.3 is 14.8 Å². The number of carbonyl (C=O) groups excluding carboxylic acids is 2. The van der Waals surface area contributed by atoms with Gasteiger partial charge in [-0.2, -0.15) is 0 Å². The monoisotopic (exact) mass is 429 g/mol. The van der Waals surface area contributed by atoms with Crippen LogP contribution < -0.4 is 10.1 Å². The van der Waals surface area contributed by atoms with Crippen LogP contribution in [0.5, 0.6) is 5.75 Å². The number of nitrogens with one attached hydrogen (secondary N) is 1. The molecule has 0 radical (unpaired) electrons. The van der Waals surface area contributed by atoms with E-state index >= 15 is 0 Å². The van der Waals surface area contributed by atoms with E-state index in [-0.39, 0.29) is 5.91 Å². The SMILES string of the molecule is C=C/C=C1/C(=O)NC(/C(C=C)=C/C=C(/C)C=C)(c2ccc(OC(=O)OC)cc2)/C1=C/C=C. The number of rotatable bonds is 8. The Kier molecular flexibility index (Phi) is 8.13. The number of benzene rings is 1. The van der Waals surface area contributed by atoms with Gasteiger partial charge >= 0.3 is 6.16 Å². The first-order chi connectivity index (χ1) is 15.4. The summed E-state index contributed by atoms with van der Waals surface area (Å²) in [6.07, 6.45) is 13.0. The lowest BCUT2D eigenvalue weighted by Gasteiger charge is -2.33. The lowest BCUT2D eigenvalue weighted by atomic mass is 9.76. The van der Waals surface area contributed by atoms with E-state index in [1.54, 1.807) is 60.7 Å². The van der Waals surface area contributed by atoms with Crippen LogP contribution in [-0.4, -0.2) is 19.2 Å². The summed E-state index contributed by atoms with van der Waals surface area (Å²) in [5.74, 6) is 0.0489. The summed E-state index contributed by atoms with van der Waals surface area (Å²) in [6, 6.07) is 6.81. The first-order valence-electron chi connectivity index (χ1n) is 9.87. The molecule has 1 atom stereocenters. The van der Waals surface area contributed by atoms with Crippen molar-refractivity contribution in [3.8, 4) is 5.75 Å². The van der Waals surface area contributed by atoms with Gasteiger partial charge in [0.2, 0.25) is 0 Å². The zero-order valence-electron chi connectivity index (χ0n) is 18.4. The Bertz CT molecular complexity index is 1070. The van der Waals surface area contributed by atoms with Crippen LogP contribution in [0.15, 0.2) is 121 Å². The molecule has 164 valence electrons. The Labute approximate surface area is 189 Å². The molecular formula is C27H27NO4. The van der Waals surface area contributed by atoms with Crippen LogP contribution in [0.2, 0.25) is 0 Å². The third kappa shape index (κ3) is 4.78. The van der Waals surface area contributed by atoms with E-state index < -0.39 is 11.7 Å². The molecular weight excluding hydrogens is 402 g/mol. The van der Waals surface area contributed by atoms with Crippen LogP contribution in [0.25, 0.3) is 0 Å². The topological polar surface area (TPSA) is 64.6 Å². The molecule has 1 unspecified atom stereocenters. The zero-order valence-corrected chi connectivity index (χ0v) is 18.4. The second-order valence-corrected chi connectivity index (χ2v) is 6.86. The van der Waals surface area contributed by atoms with E-state index in [0.717, 1.165) is 16.7 Å². The van der Waals surface area contributed by atoms with Crippen molar-refractivity contribution in [2.75, 3.05) is 7.11 Å². The van der Waals surface area contributed by atoms with Gasteiger partial charge in [0, 0.05) is 5.57 Å². The van der Waals surface area contributed by atoms with Crippen LogP contribution in [-0.2, 0) is 15.1 Å². The molecule has 1 heterocycles. The molecule has 0 aliphatic carbocycles. The molecule has 1 aromatic carbocycles.